The van der Waals surface area contributed by atoms with Gasteiger partial charge in [-0.2, -0.15) is 8.42 Å². The van der Waals surface area contributed by atoms with Crippen molar-refractivity contribution in [3.05, 3.63) is 0 Å². The number of ketones is 2. The zero-order valence-corrected chi connectivity index (χ0v) is 20.4. The van der Waals surface area contributed by atoms with Gasteiger partial charge < -0.3 is 4.74 Å². The number of hydrogen-bond acceptors (Lipinski definition) is 6. The van der Waals surface area contributed by atoms with Gasteiger partial charge in [0.1, 0.15) is 11.6 Å². The second-order valence-electron chi connectivity index (χ2n) is 9.92. The molecule has 0 aromatic heterocycles. The molecular weight excluding hydrogens is 424 g/mol. The minimum absolute atomic E-state index is 0.0685. The van der Waals surface area contributed by atoms with E-state index in [1.807, 2.05) is 13.8 Å². The van der Waals surface area contributed by atoms with E-state index >= 15 is 0 Å². The molecule has 0 spiro atoms. The molecule has 3 aliphatic rings. The van der Waals surface area contributed by atoms with Crippen LogP contribution in [0, 0.1) is 16.7 Å². The fraction of sp³-hybridized carbons (Fsp3) is 0.909. The van der Waals surface area contributed by atoms with Crippen molar-refractivity contribution in [2.75, 3.05) is 36.2 Å². The molecule has 3 fully saturated rings. The van der Waals surface area contributed by atoms with Crippen LogP contribution in [0.25, 0.3) is 0 Å². The Morgan fingerprint density at radius 3 is 2.47 bits per heavy atom. The Hall–Kier alpha value is -0.440. The molecule has 1 heterocycles. The summed E-state index contributed by atoms with van der Waals surface area (Å²) in [4.78, 5) is 25.4. The normalized spacial score (nSPS) is 31.0. The van der Waals surface area contributed by atoms with Gasteiger partial charge in [-0.25, -0.2) is 3.63 Å². The van der Waals surface area contributed by atoms with Crippen molar-refractivity contribution in [3.8, 4) is 0 Å². The third-order valence-electron chi connectivity index (χ3n) is 7.74. The highest BCUT2D eigenvalue weighted by Gasteiger charge is 2.65. The molecule has 2 atom stereocenters. The first-order chi connectivity index (χ1) is 14.1. The van der Waals surface area contributed by atoms with Crippen LogP contribution in [-0.4, -0.2) is 56.2 Å². The maximum atomic E-state index is 13.3. The molecule has 2 aliphatic carbocycles. The van der Waals surface area contributed by atoms with Crippen molar-refractivity contribution in [1.29, 1.82) is 0 Å². The summed E-state index contributed by atoms with van der Waals surface area (Å²) < 4.78 is 37.9. The van der Waals surface area contributed by atoms with Gasteiger partial charge in [-0.1, -0.05) is 40.0 Å². The van der Waals surface area contributed by atoms with Crippen LogP contribution in [0.15, 0.2) is 0 Å². The number of fused-ring (bicyclic) bond motifs is 2. The predicted octanol–water partition coefficient (Wildman–Crippen LogP) is 4.02. The second-order valence-corrected chi connectivity index (χ2v) is 14.9. The van der Waals surface area contributed by atoms with E-state index in [0.717, 1.165) is 32.1 Å². The van der Waals surface area contributed by atoms with E-state index in [9.17, 15) is 18.0 Å². The smallest absolute Gasteiger partial charge is 0.277 e. The lowest BCUT2D eigenvalue weighted by atomic mass is 9.70. The fourth-order valence-corrected chi connectivity index (χ4v) is 11.7. The average Bonchev–Trinajstić information content (AvgIpc) is 2.99. The first-order valence-electron chi connectivity index (χ1n) is 11.4. The maximum Gasteiger partial charge on any atom is 0.277 e. The van der Waals surface area contributed by atoms with Crippen LogP contribution in [0.3, 0.4) is 0 Å². The number of Topliss-reactive ketones (excluding diaryl/α,β-unsaturated/α-hetero) is 2. The lowest BCUT2D eigenvalue weighted by molar-refractivity contribution is -0.128. The summed E-state index contributed by atoms with van der Waals surface area (Å²) in [5, 5.41) is 0. The second kappa shape index (κ2) is 9.20. The number of rotatable bonds is 11. The summed E-state index contributed by atoms with van der Waals surface area (Å²) in [6, 6.07) is 0. The maximum absolute atomic E-state index is 13.3. The summed E-state index contributed by atoms with van der Waals surface area (Å²) in [6.45, 7) is 7.03. The summed E-state index contributed by atoms with van der Waals surface area (Å²) in [7, 11) is -6.03. The van der Waals surface area contributed by atoms with E-state index in [1.54, 1.807) is 0 Å². The van der Waals surface area contributed by atoms with E-state index in [4.69, 9.17) is 8.37 Å². The van der Waals surface area contributed by atoms with Gasteiger partial charge in [0.05, 0.1) is 30.1 Å². The number of ether oxygens (including phenoxy) is 1. The predicted molar refractivity (Wildman–Crippen MR) is 120 cm³/mol. The monoisotopic (exact) mass is 462 g/mol. The Morgan fingerprint density at radius 1 is 1.20 bits per heavy atom. The molecule has 0 N–H and O–H groups in total. The van der Waals surface area contributed by atoms with E-state index in [1.165, 1.54) is 0 Å². The highest BCUT2D eigenvalue weighted by molar-refractivity contribution is 8.33. The Bertz CT molecular complexity index is 754. The molecule has 0 aromatic carbocycles. The molecule has 1 aliphatic heterocycles. The summed E-state index contributed by atoms with van der Waals surface area (Å²) >= 11 is 0. The molecule has 0 amide bonds. The van der Waals surface area contributed by atoms with Crippen LogP contribution >= 0.6 is 10.3 Å². The summed E-state index contributed by atoms with van der Waals surface area (Å²) in [5.74, 6) is 1.31. The fourth-order valence-electron chi connectivity index (χ4n) is 5.63. The highest BCUT2D eigenvalue weighted by Crippen LogP contribution is 2.65. The summed E-state index contributed by atoms with van der Waals surface area (Å²) in [6.07, 6.45) is 6.56. The van der Waals surface area contributed by atoms with Gasteiger partial charge >= 0.3 is 0 Å². The van der Waals surface area contributed by atoms with E-state index in [-0.39, 0.29) is 34.4 Å². The minimum Gasteiger partial charge on any atom is -0.380 e. The molecule has 2 saturated carbocycles. The van der Waals surface area contributed by atoms with Crippen LogP contribution in [0.5, 0.6) is 0 Å². The van der Waals surface area contributed by atoms with Gasteiger partial charge in [0.25, 0.3) is 10.1 Å². The average molecular weight is 463 g/mol. The van der Waals surface area contributed by atoms with E-state index in [2.05, 4.69) is 6.92 Å². The van der Waals surface area contributed by atoms with Gasteiger partial charge in [-0.3, -0.25) is 9.59 Å². The SMILES string of the molecule is CCCCCCC(=O)CS1(OS(=O)(=O)CC23CCC(CC2=O)C3(C)C)CCOCC1. The van der Waals surface area contributed by atoms with Gasteiger partial charge in [0.2, 0.25) is 0 Å². The Labute approximate surface area is 183 Å². The van der Waals surface area contributed by atoms with Crippen molar-refractivity contribution in [2.45, 2.75) is 72.1 Å². The zero-order valence-electron chi connectivity index (χ0n) is 18.7. The first-order valence-corrected chi connectivity index (χ1v) is 15.0. The summed E-state index contributed by atoms with van der Waals surface area (Å²) in [5.41, 5.74) is -1.17. The van der Waals surface area contributed by atoms with Crippen molar-refractivity contribution >= 4 is 32.0 Å². The molecule has 3 rings (SSSR count). The molecule has 6 nitrogen and oxygen atoms in total. The van der Waals surface area contributed by atoms with Crippen molar-refractivity contribution in [2.24, 2.45) is 16.7 Å². The third-order valence-corrected chi connectivity index (χ3v) is 13.2. The Morgan fingerprint density at radius 2 is 1.90 bits per heavy atom. The molecule has 174 valence electrons. The third kappa shape index (κ3) is 4.81. The largest absolute Gasteiger partial charge is 0.380 e. The van der Waals surface area contributed by atoms with Gasteiger partial charge in [-0.05, 0) is 30.6 Å². The van der Waals surface area contributed by atoms with Crippen molar-refractivity contribution < 1.29 is 26.4 Å². The van der Waals surface area contributed by atoms with E-state index in [0.29, 0.717) is 44.0 Å². The number of carbonyl (C=O) groups is 2. The van der Waals surface area contributed by atoms with Crippen molar-refractivity contribution in [1.82, 2.24) is 0 Å². The molecule has 0 aromatic rings. The molecule has 2 unspecified atom stereocenters. The van der Waals surface area contributed by atoms with Crippen LogP contribution in [0.1, 0.15) is 72.1 Å². The van der Waals surface area contributed by atoms with E-state index < -0.39 is 25.8 Å². The molecule has 8 heteroatoms. The number of carbonyl (C=O) groups excluding carboxylic acids is 2. The van der Waals surface area contributed by atoms with Gasteiger partial charge in [-0.15, -0.1) is 10.3 Å². The highest BCUT2D eigenvalue weighted by atomic mass is 32.3. The number of unbranched alkanes of at least 4 members (excludes halogenated alkanes) is 3. The van der Waals surface area contributed by atoms with Crippen LogP contribution in [0.2, 0.25) is 0 Å². The zero-order chi connectivity index (χ0) is 22.0. The molecule has 30 heavy (non-hydrogen) atoms. The van der Waals surface area contributed by atoms with Gasteiger partial charge in [0.15, 0.2) is 0 Å². The van der Waals surface area contributed by atoms with Crippen LogP contribution in [-0.2, 0) is 28.1 Å². The van der Waals surface area contributed by atoms with Crippen molar-refractivity contribution in [3.63, 3.8) is 0 Å². The Kier molecular flexibility index (Phi) is 7.42. The molecule has 0 radical (unpaired) electrons. The minimum atomic E-state index is -3.94. The first kappa shape index (κ1) is 24.2. The lowest BCUT2D eigenvalue weighted by Crippen LogP contribution is -2.43. The van der Waals surface area contributed by atoms with Crippen LogP contribution in [0.4, 0.5) is 0 Å². The van der Waals surface area contributed by atoms with Crippen LogP contribution < -0.4 is 0 Å². The number of hydrogen-bond donors (Lipinski definition) is 0. The topological polar surface area (TPSA) is 86.7 Å². The molecular formula is C22H38O6S2. The molecule has 2 bridgehead atoms. The Balaban J connectivity index is 1.71. The quantitative estimate of drug-likeness (QED) is 0.431. The molecule has 1 saturated heterocycles. The lowest BCUT2D eigenvalue weighted by Gasteiger charge is -2.42. The van der Waals surface area contributed by atoms with Gasteiger partial charge in [0, 0.05) is 24.3 Å². The standard InChI is InChI=1S/C22H38O6S2/c1-4-5-6-7-8-19(23)16-29(13-11-27-12-14-29)28-30(25,26)17-22-10-9-18(15-20(22)24)21(22,2)3/h18H,4-17H2,1-3H3.